The van der Waals surface area contributed by atoms with Gasteiger partial charge in [-0.1, -0.05) is 6.92 Å². The molecule has 0 aromatic heterocycles. The second-order valence-corrected chi connectivity index (χ2v) is 4.79. The van der Waals surface area contributed by atoms with Crippen molar-refractivity contribution in [3.8, 4) is 0 Å². The summed E-state index contributed by atoms with van der Waals surface area (Å²) in [7, 11) is 1.97. The van der Waals surface area contributed by atoms with Crippen LogP contribution in [0.2, 0.25) is 0 Å². The molecule has 0 aromatic carbocycles. The maximum absolute atomic E-state index is 11.3. The number of carbonyl (C=O) groups excluding carboxylic acids is 1. The lowest BCUT2D eigenvalue weighted by Crippen LogP contribution is -2.10. The topological polar surface area (TPSA) is 29.3 Å². The molecule has 0 N–H and O–H groups in total. The van der Waals surface area contributed by atoms with Crippen molar-refractivity contribution in [2.75, 3.05) is 20.2 Å². The maximum Gasteiger partial charge on any atom is 0.196 e. The molecular formula is C11H17NO2. The summed E-state index contributed by atoms with van der Waals surface area (Å²) in [5.41, 5.74) is 1.40. The van der Waals surface area contributed by atoms with E-state index >= 15 is 0 Å². The average molecular weight is 195 g/mol. The number of hydrogen-bond acceptors (Lipinski definition) is 3. The van der Waals surface area contributed by atoms with Gasteiger partial charge in [-0.2, -0.15) is 0 Å². The monoisotopic (exact) mass is 195 g/mol. The minimum Gasteiger partial charge on any atom is -0.487 e. The summed E-state index contributed by atoms with van der Waals surface area (Å²) in [5, 5.41) is 0. The van der Waals surface area contributed by atoms with Gasteiger partial charge in [0.05, 0.1) is 18.8 Å². The Morgan fingerprint density at radius 2 is 2.14 bits per heavy atom. The Labute approximate surface area is 84.7 Å². The Morgan fingerprint density at radius 3 is 2.50 bits per heavy atom. The molecule has 0 atom stereocenters. The van der Waals surface area contributed by atoms with Gasteiger partial charge in [-0.15, -0.1) is 0 Å². The quantitative estimate of drug-likeness (QED) is 0.387. The summed E-state index contributed by atoms with van der Waals surface area (Å²) in [6, 6.07) is 0. The van der Waals surface area contributed by atoms with Crippen LogP contribution in [0.5, 0.6) is 0 Å². The fraction of sp³-hybridized carbons (Fsp3) is 0.727. The van der Waals surface area contributed by atoms with Gasteiger partial charge in [0.15, 0.2) is 11.5 Å². The lowest BCUT2D eigenvalue weighted by Gasteiger charge is -2.11. The Hall–Kier alpha value is -0.990. The van der Waals surface area contributed by atoms with Crippen molar-refractivity contribution in [1.82, 2.24) is 4.90 Å². The van der Waals surface area contributed by atoms with E-state index in [1.807, 2.05) is 11.9 Å². The average Bonchev–Trinajstić information content (AvgIpc) is 2.95. The fourth-order valence-electron chi connectivity index (χ4n) is 1.43. The van der Waals surface area contributed by atoms with Crippen LogP contribution in [0.4, 0.5) is 0 Å². The van der Waals surface area contributed by atoms with Crippen molar-refractivity contribution in [2.24, 2.45) is 5.41 Å². The third kappa shape index (κ3) is 1.91. The van der Waals surface area contributed by atoms with Crippen LogP contribution < -0.4 is 0 Å². The number of allylic oxidation sites excluding steroid dienone is 1. The second-order valence-electron chi connectivity index (χ2n) is 4.79. The number of likely N-dealkylation sites (N-methyl/N-ethyl adjacent to an activating group) is 1. The summed E-state index contributed by atoms with van der Waals surface area (Å²) < 4.78 is 5.61. The van der Waals surface area contributed by atoms with Gasteiger partial charge in [-0.3, -0.25) is 4.79 Å². The van der Waals surface area contributed by atoms with Crippen LogP contribution in [0.1, 0.15) is 26.7 Å². The molecule has 1 aliphatic carbocycles. The van der Waals surface area contributed by atoms with Crippen LogP contribution in [0.3, 0.4) is 0 Å². The lowest BCUT2D eigenvalue weighted by atomic mass is 10.2. The smallest absolute Gasteiger partial charge is 0.196 e. The van der Waals surface area contributed by atoms with E-state index in [1.54, 1.807) is 6.92 Å². The molecule has 14 heavy (non-hydrogen) atoms. The minimum atomic E-state index is 0.0496. The molecule has 2 aliphatic rings. The SMILES string of the molecule is CC(=O)/C(OCC1(C)CC1)=C1\CN1C. The number of ether oxygens (including phenoxy) is 1. The number of hydrogen-bond donors (Lipinski definition) is 0. The predicted molar refractivity (Wildman–Crippen MR) is 53.6 cm³/mol. The van der Waals surface area contributed by atoms with Crippen LogP contribution in [-0.2, 0) is 9.53 Å². The van der Waals surface area contributed by atoms with Crippen molar-refractivity contribution in [3.63, 3.8) is 0 Å². The van der Waals surface area contributed by atoms with Crippen LogP contribution in [0, 0.1) is 5.41 Å². The number of Topliss-reactive ketones (excluding diaryl/α,β-unsaturated/α-hetero) is 1. The summed E-state index contributed by atoms with van der Waals surface area (Å²) in [6.07, 6.45) is 2.45. The van der Waals surface area contributed by atoms with Gasteiger partial charge in [0.2, 0.25) is 0 Å². The van der Waals surface area contributed by atoms with Gasteiger partial charge in [0.1, 0.15) is 0 Å². The van der Waals surface area contributed by atoms with Crippen molar-refractivity contribution < 1.29 is 9.53 Å². The molecule has 0 spiro atoms. The lowest BCUT2D eigenvalue weighted by molar-refractivity contribution is -0.117. The molecule has 0 unspecified atom stereocenters. The molecule has 0 bridgehead atoms. The number of nitrogens with zero attached hydrogens (tertiary/aromatic N) is 1. The highest BCUT2D eigenvalue weighted by molar-refractivity contribution is 5.92. The van der Waals surface area contributed by atoms with Crippen molar-refractivity contribution >= 4 is 5.78 Å². The first kappa shape index (κ1) is 9.56. The van der Waals surface area contributed by atoms with Gasteiger partial charge in [0, 0.05) is 19.4 Å². The Kier molecular flexibility index (Phi) is 2.05. The first-order valence-electron chi connectivity index (χ1n) is 5.10. The van der Waals surface area contributed by atoms with Crippen LogP contribution in [0.25, 0.3) is 0 Å². The largest absolute Gasteiger partial charge is 0.487 e. The van der Waals surface area contributed by atoms with Gasteiger partial charge in [-0.25, -0.2) is 0 Å². The van der Waals surface area contributed by atoms with Crippen molar-refractivity contribution in [2.45, 2.75) is 26.7 Å². The summed E-state index contributed by atoms with van der Waals surface area (Å²) in [4.78, 5) is 13.3. The van der Waals surface area contributed by atoms with Gasteiger partial charge in [0.25, 0.3) is 0 Å². The first-order chi connectivity index (χ1) is 6.52. The van der Waals surface area contributed by atoms with E-state index in [9.17, 15) is 4.79 Å². The van der Waals surface area contributed by atoms with Crippen LogP contribution in [0.15, 0.2) is 11.5 Å². The molecule has 1 saturated carbocycles. The molecule has 3 heteroatoms. The first-order valence-corrected chi connectivity index (χ1v) is 5.10. The van der Waals surface area contributed by atoms with E-state index in [0.717, 1.165) is 12.2 Å². The zero-order chi connectivity index (χ0) is 10.3. The molecule has 1 heterocycles. The Morgan fingerprint density at radius 1 is 1.57 bits per heavy atom. The molecule has 0 radical (unpaired) electrons. The van der Waals surface area contributed by atoms with Gasteiger partial charge >= 0.3 is 0 Å². The van der Waals surface area contributed by atoms with E-state index in [-0.39, 0.29) is 5.78 Å². The highest BCUT2D eigenvalue weighted by Crippen LogP contribution is 2.45. The molecule has 2 fully saturated rings. The van der Waals surface area contributed by atoms with Crippen molar-refractivity contribution in [3.05, 3.63) is 11.5 Å². The third-order valence-electron chi connectivity index (χ3n) is 2.99. The standard InChI is InChI=1S/C11H17NO2/c1-8(13)10(9-6-12(9)3)14-7-11(2)4-5-11/h4-7H2,1-3H3/b10-9-. The molecule has 2 rings (SSSR count). The highest BCUT2D eigenvalue weighted by atomic mass is 16.5. The van der Waals surface area contributed by atoms with Crippen LogP contribution in [-0.4, -0.2) is 30.9 Å². The molecule has 78 valence electrons. The van der Waals surface area contributed by atoms with Crippen molar-refractivity contribution in [1.29, 1.82) is 0 Å². The zero-order valence-electron chi connectivity index (χ0n) is 9.09. The van der Waals surface area contributed by atoms with E-state index in [4.69, 9.17) is 4.74 Å². The van der Waals surface area contributed by atoms with E-state index in [2.05, 4.69) is 6.92 Å². The fourth-order valence-corrected chi connectivity index (χ4v) is 1.43. The number of ketones is 1. The second kappa shape index (κ2) is 3.01. The number of rotatable bonds is 4. The number of carbonyl (C=O) groups is 1. The zero-order valence-corrected chi connectivity index (χ0v) is 9.09. The van der Waals surface area contributed by atoms with Crippen LogP contribution >= 0.6 is 0 Å². The van der Waals surface area contributed by atoms with E-state index in [1.165, 1.54) is 12.8 Å². The van der Waals surface area contributed by atoms with E-state index < -0.39 is 0 Å². The molecule has 0 amide bonds. The third-order valence-corrected chi connectivity index (χ3v) is 2.99. The molecule has 3 nitrogen and oxygen atoms in total. The Bertz CT molecular complexity index is 302. The maximum atomic E-state index is 11.3. The van der Waals surface area contributed by atoms with Gasteiger partial charge < -0.3 is 9.64 Å². The highest BCUT2D eigenvalue weighted by Gasteiger charge is 2.39. The summed E-state index contributed by atoms with van der Waals surface area (Å²) >= 11 is 0. The predicted octanol–water partition coefficient (Wildman–Crippen LogP) is 1.55. The van der Waals surface area contributed by atoms with E-state index in [0.29, 0.717) is 17.8 Å². The molecule has 1 aliphatic heterocycles. The Balaban J connectivity index is 1.96. The normalized spacial score (nSPS) is 25.8. The molecule has 0 aromatic rings. The molecular weight excluding hydrogens is 178 g/mol. The minimum absolute atomic E-state index is 0.0496. The summed E-state index contributed by atoms with van der Waals surface area (Å²) in [5.74, 6) is 0.634. The summed E-state index contributed by atoms with van der Waals surface area (Å²) in [6.45, 7) is 5.35. The van der Waals surface area contributed by atoms with Gasteiger partial charge in [-0.05, 0) is 12.8 Å². The molecule has 1 saturated heterocycles.